The number of carbonyl (C=O) groups is 1. The van der Waals surface area contributed by atoms with E-state index in [4.69, 9.17) is 15.0 Å². The van der Waals surface area contributed by atoms with Crippen LogP contribution in [0.25, 0.3) is 0 Å². The summed E-state index contributed by atoms with van der Waals surface area (Å²) in [6.07, 6.45) is 13.5. The Morgan fingerprint density at radius 3 is 1.40 bits per heavy atom. The van der Waals surface area contributed by atoms with Crippen LogP contribution in [0.5, 0.6) is 0 Å². The number of methoxy groups -OCH3 is 1. The molecule has 2 N–H and O–H groups in total. The van der Waals surface area contributed by atoms with Gasteiger partial charge in [0, 0.05) is 36.2 Å². The average Bonchev–Trinajstić information content (AvgIpc) is 2.41. The Hall–Kier alpha value is 0.230. The van der Waals surface area contributed by atoms with Gasteiger partial charge in [-0.05, 0) is 6.42 Å². The number of hydrogen-bond donors (Lipinski definition) is 2. The van der Waals surface area contributed by atoms with Crippen LogP contribution in [-0.4, -0.2) is 59.6 Å². The number of ether oxygens (including phenoxy) is 1. The third kappa shape index (κ3) is 30.9. The van der Waals surface area contributed by atoms with E-state index in [-0.39, 0.29) is 29.6 Å². The van der Waals surface area contributed by atoms with Gasteiger partial charge in [0.2, 0.25) is 0 Å². The first-order valence-corrected chi connectivity index (χ1v) is 7.56. The topological polar surface area (TPSA) is 66.8 Å². The molecule has 0 amide bonds. The van der Waals surface area contributed by atoms with Gasteiger partial charge < -0.3 is 14.9 Å². The molecule has 0 unspecified atom stereocenters. The molecule has 0 aliphatic heterocycles. The van der Waals surface area contributed by atoms with E-state index in [1.54, 1.807) is 0 Å². The molecule has 4 nitrogen and oxygen atoms in total. The molecule has 0 aromatic heterocycles. The maximum atomic E-state index is 9.15. The molecule has 0 spiro atoms. The summed E-state index contributed by atoms with van der Waals surface area (Å²) in [4.78, 5) is 9.15. The molecule has 5 heteroatoms. The zero-order valence-corrected chi connectivity index (χ0v) is 15.7. The van der Waals surface area contributed by atoms with Gasteiger partial charge in [-0.1, -0.05) is 71.1 Å². The van der Waals surface area contributed by atoms with Crippen molar-refractivity contribution in [1.82, 2.24) is 0 Å². The van der Waals surface area contributed by atoms with Gasteiger partial charge in [-0.2, -0.15) is 0 Å². The summed E-state index contributed by atoms with van der Waals surface area (Å²) in [7, 11) is 1.10. The maximum absolute atomic E-state index is 9.15. The molecular weight excluding hydrogens is 267 g/mol. The smallest absolute Gasteiger partial charge is 0.450 e. The van der Waals surface area contributed by atoms with E-state index >= 15 is 0 Å². The van der Waals surface area contributed by atoms with Crippen LogP contribution in [0.2, 0.25) is 0 Å². The van der Waals surface area contributed by atoms with E-state index in [1.807, 2.05) is 0 Å². The molecule has 0 heterocycles. The minimum absolute atomic E-state index is 0. The predicted octanol–water partition coefficient (Wildman–Crippen LogP) is 4.22. The molecule has 0 aliphatic carbocycles. The number of carboxylic acid groups (broad SMARTS) is 1. The van der Waals surface area contributed by atoms with Gasteiger partial charge in [0.25, 0.3) is 0 Å². The Balaban J connectivity index is -0.000000414. The first-order chi connectivity index (χ1) is 9.18. The summed E-state index contributed by atoms with van der Waals surface area (Å²) in [5.74, 6) is 0. The van der Waals surface area contributed by atoms with Crippen molar-refractivity contribution in [2.45, 2.75) is 77.6 Å². The molecule has 117 valence electrons. The van der Waals surface area contributed by atoms with E-state index in [9.17, 15) is 0 Å². The molecule has 1 radical (unpaired) electrons. The Kier molecular flexibility index (Phi) is 30.6. The normalized spacial score (nSPS) is 9.15. The largest absolute Gasteiger partial charge is 0.505 e. The average molecular weight is 299 g/mol. The third-order valence-corrected chi connectivity index (χ3v) is 2.94. The minimum Gasteiger partial charge on any atom is -0.450 e. The van der Waals surface area contributed by atoms with Crippen LogP contribution >= 0.6 is 0 Å². The van der Waals surface area contributed by atoms with Crippen molar-refractivity contribution in [3.05, 3.63) is 0 Å². The van der Waals surface area contributed by atoms with E-state index < -0.39 is 6.16 Å². The van der Waals surface area contributed by atoms with Crippen molar-refractivity contribution >= 4 is 35.7 Å². The zero-order valence-electron chi connectivity index (χ0n) is 13.7. The molecule has 0 aliphatic rings. The molecule has 20 heavy (non-hydrogen) atoms. The number of hydrogen-bond acceptors (Lipinski definition) is 3. The van der Waals surface area contributed by atoms with Crippen LogP contribution < -0.4 is 0 Å². The molecule has 0 saturated heterocycles. The van der Waals surface area contributed by atoms with Crippen LogP contribution in [0, 0.1) is 0 Å². The fourth-order valence-corrected chi connectivity index (χ4v) is 1.78. The summed E-state index contributed by atoms with van der Waals surface area (Å²) in [5, 5.41) is 16.1. The predicted molar refractivity (Wildman–Crippen MR) is 84.3 cm³/mol. The first kappa shape index (κ1) is 25.2. The number of aliphatic hydroxyl groups excluding tert-OH is 1. The van der Waals surface area contributed by atoms with Gasteiger partial charge in [-0.15, -0.1) is 0 Å². The van der Waals surface area contributed by atoms with Crippen molar-refractivity contribution in [2.24, 2.45) is 0 Å². The second-order valence-electron chi connectivity index (χ2n) is 4.73. The Morgan fingerprint density at radius 1 is 0.850 bits per heavy atom. The van der Waals surface area contributed by atoms with Crippen LogP contribution in [0.4, 0.5) is 4.79 Å². The summed E-state index contributed by atoms with van der Waals surface area (Å²) in [5.41, 5.74) is 0. The second-order valence-corrected chi connectivity index (χ2v) is 4.73. The fraction of sp³-hybridized carbons (Fsp3) is 0.933. The third-order valence-electron chi connectivity index (χ3n) is 2.94. The fourth-order valence-electron chi connectivity index (χ4n) is 1.78. The number of aliphatic hydroxyl groups is 1. The van der Waals surface area contributed by atoms with Gasteiger partial charge in [0.15, 0.2) is 0 Å². The van der Waals surface area contributed by atoms with Crippen molar-refractivity contribution in [3.63, 3.8) is 0 Å². The Labute approximate surface area is 146 Å². The van der Waals surface area contributed by atoms with Crippen molar-refractivity contribution in [3.8, 4) is 0 Å². The van der Waals surface area contributed by atoms with Crippen LogP contribution in [0.3, 0.4) is 0 Å². The van der Waals surface area contributed by atoms with Crippen LogP contribution in [0.1, 0.15) is 77.6 Å². The minimum atomic E-state index is -1.25. The standard InChI is InChI=1S/C13H28O.C2H4O3.Na/c1-2-3-4-5-6-7-8-9-10-11-12-13-14;1-5-2(3)4;/h14H,2-13H2,1H3;1H3,(H,3,4);. The number of unbranched alkanes of at least 4 members (excludes halogenated alkanes) is 10. The van der Waals surface area contributed by atoms with E-state index in [1.165, 1.54) is 64.2 Å². The van der Waals surface area contributed by atoms with E-state index in [2.05, 4.69) is 11.7 Å². The number of rotatable bonds is 11. The molecular formula is C15H32NaO4. The summed E-state index contributed by atoms with van der Waals surface area (Å²) in [6.45, 7) is 2.64. The Morgan fingerprint density at radius 2 is 1.15 bits per heavy atom. The van der Waals surface area contributed by atoms with Gasteiger partial charge in [-0.3, -0.25) is 0 Å². The molecule has 0 aromatic carbocycles. The first-order valence-electron chi connectivity index (χ1n) is 7.56. The van der Waals surface area contributed by atoms with Gasteiger partial charge in [-0.25, -0.2) is 4.79 Å². The van der Waals surface area contributed by atoms with E-state index in [0.717, 1.165) is 13.5 Å². The second kappa shape index (κ2) is 24.3. The zero-order chi connectivity index (χ0) is 14.8. The van der Waals surface area contributed by atoms with Crippen LogP contribution in [0.15, 0.2) is 0 Å². The van der Waals surface area contributed by atoms with Gasteiger partial charge in [0.05, 0.1) is 7.11 Å². The molecule has 0 rings (SSSR count). The van der Waals surface area contributed by atoms with Crippen molar-refractivity contribution in [1.29, 1.82) is 0 Å². The van der Waals surface area contributed by atoms with Crippen molar-refractivity contribution < 1.29 is 19.7 Å². The molecule has 0 fully saturated rings. The SMILES string of the molecule is CCCCCCCCCCCCCO.COC(=O)O.[Na]. The Bertz CT molecular complexity index is 165. The molecule has 0 atom stereocenters. The summed E-state index contributed by atoms with van der Waals surface area (Å²) in [6, 6.07) is 0. The monoisotopic (exact) mass is 299 g/mol. The molecule has 0 aromatic rings. The van der Waals surface area contributed by atoms with Crippen molar-refractivity contribution in [2.75, 3.05) is 13.7 Å². The summed E-state index contributed by atoms with van der Waals surface area (Å²) < 4.78 is 3.67. The molecule has 0 saturated carbocycles. The molecule has 0 bridgehead atoms. The van der Waals surface area contributed by atoms with Crippen LogP contribution in [-0.2, 0) is 4.74 Å². The summed E-state index contributed by atoms with van der Waals surface area (Å²) >= 11 is 0. The van der Waals surface area contributed by atoms with Gasteiger partial charge in [0.1, 0.15) is 0 Å². The maximum Gasteiger partial charge on any atom is 0.505 e. The quantitative estimate of drug-likeness (QED) is 0.340. The van der Waals surface area contributed by atoms with E-state index in [0.29, 0.717) is 6.61 Å². The van der Waals surface area contributed by atoms with Gasteiger partial charge >= 0.3 is 6.16 Å².